The zero-order chi connectivity index (χ0) is 14.8. The second-order valence-corrected chi connectivity index (χ2v) is 5.23. The van der Waals surface area contributed by atoms with Gasteiger partial charge < -0.3 is 0 Å². The predicted octanol–water partition coefficient (Wildman–Crippen LogP) is 3.04. The number of nitriles is 1. The average molecular weight is 341 g/mol. The first-order valence-electron chi connectivity index (χ1n) is 6.13. The molecule has 5 nitrogen and oxygen atoms in total. The maximum absolute atomic E-state index is 12.7. The largest absolute Gasteiger partial charge is 0.268 e. The number of nitrogens with zero attached hydrogens (tertiary/aromatic N) is 3. The third-order valence-corrected chi connectivity index (χ3v) is 3.51. The monoisotopic (exact) mass is 340 g/mol. The van der Waals surface area contributed by atoms with Crippen LogP contribution in [0.15, 0.2) is 57.8 Å². The molecule has 0 spiro atoms. The molecule has 0 aliphatic rings. The summed E-state index contributed by atoms with van der Waals surface area (Å²) in [5.41, 5.74) is 0.952. The lowest BCUT2D eigenvalue weighted by Gasteiger charge is -2.11. The van der Waals surface area contributed by atoms with E-state index >= 15 is 0 Å². The first-order valence-corrected chi connectivity index (χ1v) is 6.93. The number of nitrogens with one attached hydrogen (secondary N) is 1. The van der Waals surface area contributed by atoms with Crippen LogP contribution in [-0.2, 0) is 0 Å². The molecule has 3 rings (SSSR count). The van der Waals surface area contributed by atoms with Gasteiger partial charge in [0.2, 0.25) is 5.95 Å². The van der Waals surface area contributed by atoms with E-state index in [1.54, 1.807) is 30.3 Å². The van der Waals surface area contributed by atoms with Crippen molar-refractivity contribution in [3.05, 3.63) is 63.4 Å². The molecule has 0 bridgehead atoms. The minimum absolute atomic E-state index is 0.198. The number of para-hydroxylation sites is 1. The van der Waals surface area contributed by atoms with Crippen molar-refractivity contribution in [1.82, 2.24) is 9.55 Å². The molecule has 0 radical (unpaired) electrons. The van der Waals surface area contributed by atoms with Crippen LogP contribution < -0.4 is 10.9 Å². The minimum Gasteiger partial charge on any atom is -0.268 e. The molecule has 1 N–H and O–H groups in total. The standard InChI is InChI=1S/C15H9BrN4O/c16-10-6-7-13-12(8-10)14(21)20(15(19-13)18-9-17)11-4-2-1-3-5-11/h1-8H,(H,18,19). The molecule has 0 amide bonds. The molecule has 0 aliphatic heterocycles. The Balaban J connectivity index is 2.41. The third-order valence-electron chi connectivity index (χ3n) is 3.01. The van der Waals surface area contributed by atoms with E-state index < -0.39 is 0 Å². The SMILES string of the molecule is N#CNc1nc2ccc(Br)cc2c(=O)n1-c1ccccc1. The lowest BCUT2D eigenvalue weighted by atomic mass is 10.2. The summed E-state index contributed by atoms with van der Waals surface area (Å²) in [7, 11) is 0. The van der Waals surface area contributed by atoms with E-state index in [0.29, 0.717) is 16.6 Å². The topological polar surface area (TPSA) is 70.7 Å². The Morgan fingerprint density at radius 3 is 2.67 bits per heavy atom. The molecule has 3 aromatic rings. The highest BCUT2D eigenvalue weighted by molar-refractivity contribution is 9.10. The van der Waals surface area contributed by atoms with Crippen molar-refractivity contribution >= 4 is 32.8 Å². The van der Waals surface area contributed by atoms with Crippen molar-refractivity contribution in [3.8, 4) is 11.9 Å². The molecule has 0 atom stereocenters. The van der Waals surface area contributed by atoms with Crippen molar-refractivity contribution in [2.75, 3.05) is 5.32 Å². The van der Waals surface area contributed by atoms with Gasteiger partial charge >= 0.3 is 0 Å². The lowest BCUT2D eigenvalue weighted by molar-refractivity contribution is 0.974. The molecule has 0 fully saturated rings. The summed E-state index contributed by atoms with van der Waals surface area (Å²) in [6, 6.07) is 14.3. The molecular formula is C15H9BrN4O. The molecule has 21 heavy (non-hydrogen) atoms. The van der Waals surface area contributed by atoms with Crippen molar-refractivity contribution in [1.29, 1.82) is 5.26 Å². The molecular weight excluding hydrogens is 332 g/mol. The summed E-state index contributed by atoms with van der Waals surface area (Å²) in [6.45, 7) is 0. The van der Waals surface area contributed by atoms with E-state index in [4.69, 9.17) is 5.26 Å². The zero-order valence-corrected chi connectivity index (χ0v) is 12.3. The van der Waals surface area contributed by atoms with Gasteiger partial charge in [-0.3, -0.25) is 10.1 Å². The summed E-state index contributed by atoms with van der Waals surface area (Å²) in [5.74, 6) is 0.198. The maximum atomic E-state index is 12.7. The molecule has 0 aliphatic carbocycles. The maximum Gasteiger partial charge on any atom is 0.267 e. The Hall–Kier alpha value is -2.65. The van der Waals surface area contributed by atoms with Gasteiger partial charge in [0.1, 0.15) is 0 Å². The normalized spacial score (nSPS) is 10.3. The summed E-state index contributed by atoms with van der Waals surface area (Å²) in [4.78, 5) is 17.1. The Morgan fingerprint density at radius 1 is 1.19 bits per heavy atom. The van der Waals surface area contributed by atoms with Crippen LogP contribution in [0.1, 0.15) is 0 Å². The molecule has 1 aromatic heterocycles. The van der Waals surface area contributed by atoms with E-state index in [0.717, 1.165) is 4.47 Å². The first-order chi connectivity index (χ1) is 10.2. The fourth-order valence-corrected chi connectivity index (χ4v) is 2.47. The minimum atomic E-state index is -0.231. The number of rotatable bonds is 2. The van der Waals surface area contributed by atoms with Crippen molar-refractivity contribution < 1.29 is 0 Å². The Bertz CT molecular complexity index is 913. The lowest BCUT2D eigenvalue weighted by Crippen LogP contribution is -2.22. The third kappa shape index (κ3) is 2.39. The zero-order valence-electron chi connectivity index (χ0n) is 10.7. The van der Waals surface area contributed by atoms with Crippen LogP contribution in [0.4, 0.5) is 5.95 Å². The van der Waals surface area contributed by atoms with Gasteiger partial charge in [-0.1, -0.05) is 34.1 Å². The number of fused-ring (bicyclic) bond motifs is 1. The summed E-state index contributed by atoms with van der Waals surface area (Å²) >= 11 is 3.35. The van der Waals surface area contributed by atoms with Gasteiger partial charge in [-0.15, -0.1) is 0 Å². The molecule has 0 unspecified atom stereocenters. The molecule has 0 saturated carbocycles. The Kier molecular flexibility index (Phi) is 3.42. The Labute approximate surface area is 128 Å². The van der Waals surface area contributed by atoms with Crippen LogP contribution in [0.25, 0.3) is 16.6 Å². The van der Waals surface area contributed by atoms with Crippen LogP contribution in [0, 0.1) is 11.5 Å². The molecule has 1 heterocycles. The van der Waals surface area contributed by atoms with Gasteiger partial charge in [-0.05, 0) is 30.3 Å². The quantitative estimate of drug-likeness (QED) is 0.575. The number of halogens is 1. The highest BCUT2D eigenvalue weighted by Crippen LogP contribution is 2.19. The summed E-state index contributed by atoms with van der Waals surface area (Å²) in [6.07, 6.45) is 1.82. The number of aromatic nitrogens is 2. The van der Waals surface area contributed by atoms with Crippen molar-refractivity contribution in [2.45, 2.75) is 0 Å². The number of anilines is 1. The van der Waals surface area contributed by atoms with Crippen LogP contribution >= 0.6 is 15.9 Å². The summed E-state index contributed by atoms with van der Waals surface area (Å²) < 4.78 is 2.19. The number of hydrogen-bond acceptors (Lipinski definition) is 4. The van der Waals surface area contributed by atoms with Gasteiger partial charge in [0.05, 0.1) is 16.6 Å². The van der Waals surface area contributed by atoms with Gasteiger partial charge in [-0.25, -0.2) is 9.55 Å². The predicted molar refractivity (Wildman–Crippen MR) is 84.3 cm³/mol. The van der Waals surface area contributed by atoms with Crippen LogP contribution in [0.3, 0.4) is 0 Å². The van der Waals surface area contributed by atoms with Crippen LogP contribution in [0.2, 0.25) is 0 Å². The Morgan fingerprint density at radius 2 is 1.95 bits per heavy atom. The highest BCUT2D eigenvalue weighted by Gasteiger charge is 2.12. The number of benzene rings is 2. The van der Waals surface area contributed by atoms with E-state index in [9.17, 15) is 4.79 Å². The second-order valence-electron chi connectivity index (χ2n) is 4.31. The smallest absolute Gasteiger partial charge is 0.267 e. The molecule has 0 saturated heterocycles. The first kappa shape index (κ1) is 13.3. The fraction of sp³-hybridized carbons (Fsp3) is 0. The van der Waals surface area contributed by atoms with Gasteiger partial charge in [-0.2, -0.15) is 5.26 Å². The van der Waals surface area contributed by atoms with Crippen LogP contribution in [0.5, 0.6) is 0 Å². The van der Waals surface area contributed by atoms with E-state index in [2.05, 4.69) is 26.2 Å². The van der Waals surface area contributed by atoms with Gasteiger partial charge in [0, 0.05) is 4.47 Å². The van der Waals surface area contributed by atoms with E-state index in [1.807, 2.05) is 24.4 Å². The van der Waals surface area contributed by atoms with E-state index in [-0.39, 0.29) is 11.5 Å². The van der Waals surface area contributed by atoms with Crippen LogP contribution in [-0.4, -0.2) is 9.55 Å². The molecule has 2 aromatic carbocycles. The van der Waals surface area contributed by atoms with E-state index in [1.165, 1.54) is 4.57 Å². The molecule has 6 heteroatoms. The average Bonchev–Trinajstić information content (AvgIpc) is 2.50. The van der Waals surface area contributed by atoms with Crippen molar-refractivity contribution in [2.24, 2.45) is 0 Å². The number of hydrogen-bond donors (Lipinski definition) is 1. The summed E-state index contributed by atoms with van der Waals surface area (Å²) in [5, 5.41) is 11.8. The van der Waals surface area contributed by atoms with Crippen molar-refractivity contribution in [3.63, 3.8) is 0 Å². The second kappa shape index (κ2) is 5.38. The molecule has 102 valence electrons. The highest BCUT2D eigenvalue weighted by atomic mass is 79.9. The van der Waals surface area contributed by atoms with Gasteiger partial charge in [0.15, 0.2) is 6.19 Å². The fourth-order valence-electron chi connectivity index (χ4n) is 2.11. The van der Waals surface area contributed by atoms with Gasteiger partial charge in [0.25, 0.3) is 5.56 Å².